The fraction of sp³-hybridized carbons (Fsp3) is 0.227. The van der Waals surface area contributed by atoms with Crippen molar-refractivity contribution in [2.24, 2.45) is 0 Å². The number of amides is 1. The van der Waals surface area contributed by atoms with E-state index in [2.05, 4.69) is 20.3 Å². The Labute approximate surface area is 178 Å². The second kappa shape index (κ2) is 8.10. The monoisotopic (exact) mass is 419 g/mol. The number of benzene rings is 1. The maximum absolute atomic E-state index is 13.9. The molecule has 31 heavy (non-hydrogen) atoms. The number of nitrogens with one attached hydrogen (secondary N) is 3. The number of rotatable bonds is 4. The SMILES string of the molecule is Cc1c(N2CCc3ncc(C(=O)Nc4ccccc4F)cc3C2)nn(C=N)c(=N)c1C. The maximum atomic E-state index is 13.9. The van der Waals surface area contributed by atoms with Gasteiger partial charge in [0.05, 0.1) is 11.3 Å². The maximum Gasteiger partial charge on any atom is 0.257 e. The second-order valence-corrected chi connectivity index (χ2v) is 7.43. The van der Waals surface area contributed by atoms with E-state index < -0.39 is 11.7 Å². The van der Waals surface area contributed by atoms with Crippen molar-refractivity contribution in [1.29, 1.82) is 10.8 Å². The fourth-order valence-electron chi connectivity index (χ4n) is 3.63. The lowest BCUT2D eigenvalue weighted by Gasteiger charge is -2.31. The van der Waals surface area contributed by atoms with Gasteiger partial charge in [0.15, 0.2) is 11.3 Å². The summed E-state index contributed by atoms with van der Waals surface area (Å²) in [6.07, 6.45) is 3.21. The van der Waals surface area contributed by atoms with E-state index in [9.17, 15) is 9.18 Å². The summed E-state index contributed by atoms with van der Waals surface area (Å²) < 4.78 is 15.1. The third kappa shape index (κ3) is 3.81. The molecule has 8 nitrogen and oxygen atoms in total. The molecule has 9 heteroatoms. The van der Waals surface area contributed by atoms with Crippen LogP contribution >= 0.6 is 0 Å². The van der Waals surface area contributed by atoms with Gasteiger partial charge < -0.3 is 10.2 Å². The number of para-hydroxylation sites is 1. The zero-order valence-electron chi connectivity index (χ0n) is 17.2. The van der Waals surface area contributed by atoms with Crippen molar-refractivity contribution in [1.82, 2.24) is 14.8 Å². The highest BCUT2D eigenvalue weighted by Gasteiger charge is 2.23. The molecule has 0 fully saturated rings. The number of halogens is 1. The highest BCUT2D eigenvalue weighted by atomic mass is 19.1. The van der Waals surface area contributed by atoms with Gasteiger partial charge in [-0.3, -0.25) is 20.6 Å². The Hall–Kier alpha value is -3.88. The molecule has 0 radical (unpaired) electrons. The molecule has 0 unspecified atom stereocenters. The first-order chi connectivity index (χ1) is 14.9. The van der Waals surface area contributed by atoms with E-state index in [1.165, 1.54) is 23.0 Å². The summed E-state index contributed by atoms with van der Waals surface area (Å²) in [5.74, 6) is -0.228. The average molecular weight is 419 g/mol. The molecule has 1 aliphatic heterocycles. The molecule has 1 aromatic carbocycles. The normalized spacial score (nSPS) is 12.9. The highest BCUT2D eigenvalue weighted by molar-refractivity contribution is 6.04. The predicted octanol–water partition coefficient (Wildman–Crippen LogP) is 2.78. The summed E-state index contributed by atoms with van der Waals surface area (Å²) in [5.41, 5.74) is 4.09. The first kappa shape index (κ1) is 20.4. The lowest BCUT2D eigenvalue weighted by Crippen LogP contribution is -2.36. The molecule has 0 saturated carbocycles. The summed E-state index contributed by atoms with van der Waals surface area (Å²) in [4.78, 5) is 19.1. The number of hydrogen-bond acceptors (Lipinski definition) is 6. The minimum Gasteiger partial charge on any atom is -0.350 e. The number of aromatic nitrogens is 3. The van der Waals surface area contributed by atoms with Crippen molar-refractivity contribution >= 4 is 23.8 Å². The molecule has 0 atom stereocenters. The number of anilines is 2. The summed E-state index contributed by atoms with van der Waals surface area (Å²) in [6.45, 7) is 4.93. The minimum atomic E-state index is -0.498. The van der Waals surface area contributed by atoms with E-state index in [1.54, 1.807) is 18.2 Å². The van der Waals surface area contributed by atoms with Crippen molar-refractivity contribution in [3.05, 3.63) is 75.8 Å². The van der Waals surface area contributed by atoms with E-state index in [1.807, 2.05) is 13.8 Å². The van der Waals surface area contributed by atoms with Gasteiger partial charge in [-0.25, -0.2) is 9.07 Å². The molecule has 1 aliphatic rings. The molecular formula is C22H22FN7O. The quantitative estimate of drug-likeness (QED) is 0.446. The Morgan fingerprint density at radius 2 is 2.03 bits per heavy atom. The summed E-state index contributed by atoms with van der Waals surface area (Å²) >= 11 is 0. The molecule has 4 rings (SSSR count). The summed E-state index contributed by atoms with van der Waals surface area (Å²) in [7, 11) is 0. The number of fused-ring (bicyclic) bond motifs is 1. The van der Waals surface area contributed by atoms with Crippen LogP contribution in [0.4, 0.5) is 15.9 Å². The van der Waals surface area contributed by atoms with Crippen LogP contribution in [0, 0.1) is 30.5 Å². The Morgan fingerprint density at radius 3 is 2.77 bits per heavy atom. The van der Waals surface area contributed by atoms with Gasteiger partial charge in [0.25, 0.3) is 5.91 Å². The third-order valence-electron chi connectivity index (χ3n) is 5.53. The lowest BCUT2D eigenvalue weighted by atomic mass is 10.0. The van der Waals surface area contributed by atoms with Crippen LogP contribution < -0.4 is 15.7 Å². The van der Waals surface area contributed by atoms with Gasteiger partial charge >= 0.3 is 0 Å². The van der Waals surface area contributed by atoms with Gasteiger partial charge in [0.1, 0.15) is 12.2 Å². The molecular weight excluding hydrogens is 397 g/mol. The molecule has 1 amide bonds. The van der Waals surface area contributed by atoms with Gasteiger partial charge in [-0.15, -0.1) is 5.10 Å². The molecule has 0 saturated heterocycles. The van der Waals surface area contributed by atoms with Gasteiger partial charge in [-0.2, -0.15) is 0 Å². The minimum absolute atomic E-state index is 0.119. The topological polar surface area (TPSA) is 111 Å². The zero-order chi connectivity index (χ0) is 22.1. The highest BCUT2D eigenvalue weighted by Crippen LogP contribution is 2.25. The smallest absolute Gasteiger partial charge is 0.257 e. The standard InChI is InChI=1S/C22H22FN7O/c1-13-14(2)21(28-30(12-24)20(13)25)29-8-7-18-16(11-29)9-15(10-26-18)22(31)27-19-6-4-3-5-17(19)23/h3-6,9-10,12,24-25H,7-8,11H2,1-2H3,(H,27,31). The molecule has 3 heterocycles. The van der Waals surface area contributed by atoms with Crippen LogP contribution in [-0.2, 0) is 13.0 Å². The van der Waals surface area contributed by atoms with Crippen molar-refractivity contribution in [2.75, 3.05) is 16.8 Å². The third-order valence-corrected chi connectivity index (χ3v) is 5.53. The van der Waals surface area contributed by atoms with E-state index >= 15 is 0 Å². The first-order valence-electron chi connectivity index (χ1n) is 9.83. The Morgan fingerprint density at radius 1 is 1.26 bits per heavy atom. The van der Waals surface area contributed by atoms with E-state index in [0.717, 1.165) is 28.7 Å². The average Bonchev–Trinajstić information content (AvgIpc) is 2.78. The van der Waals surface area contributed by atoms with E-state index in [-0.39, 0.29) is 11.2 Å². The summed E-state index contributed by atoms with van der Waals surface area (Å²) in [5, 5.41) is 22.6. The second-order valence-electron chi connectivity index (χ2n) is 7.43. The van der Waals surface area contributed by atoms with Crippen molar-refractivity contribution in [3.8, 4) is 0 Å². The number of hydrogen-bond donors (Lipinski definition) is 3. The van der Waals surface area contributed by atoms with Crippen LogP contribution in [0.1, 0.15) is 32.7 Å². The van der Waals surface area contributed by atoms with Gasteiger partial charge in [-0.1, -0.05) is 12.1 Å². The first-order valence-corrected chi connectivity index (χ1v) is 9.83. The number of carbonyl (C=O) groups is 1. The fourth-order valence-corrected chi connectivity index (χ4v) is 3.63. The van der Waals surface area contributed by atoms with Crippen LogP contribution in [0.3, 0.4) is 0 Å². The van der Waals surface area contributed by atoms with E-state index in [4.69, 9.17) is 10.8 Å². The van der Waals surface area contributed by atoms with Crippen LogP contribution in [0.25, 0.3) is 0 Å². The molecule has 2 aromatic heterocycles. The molecule has 3 N–H and O–H groups in total. The summed E-state index contributed by atoms with van der Waals surface area (Å²) in [6, 6.07) is 7.79. The molecule has 0 bridgehead atoms. The van der Waals surface area contributed by atoms with Crippen molar-refractivity contribution < 1.29 is 9.18 Å². The molecule has 0 aliphatic carbocycles. The number of nitrogens with zero attached hydrogens (tertiary/aromatic N) is 4. The Bertz CT molecular complexity index is 1250. The van der Waals surface area contributed by atoms with Crippen LogP contribution in [0.2, 0.25) is 0 Å². The Kier molecular flexibility index (Phi) is 5.33. The van der Waals surface area contributed by atoms with Gasteiger partial charge in [0, 0.05) is 37.0 Å². The van der Waals surface area contributed by atoms with E-state index in [0.29, 0.717) is 30.9 Å². The van der Waals surface area contributed by atoms with Crippen LogP contribution in [0.5, 0.6) is 0 Å². The molecule has 0 spiro atoms. The molecule has 3 aromatic rings. The van der Waals surface area contributed by atoms with Crippen LogP contribution in [0.15, 0.2) is 36.5 Å². The number of carbonyl (C=O) groups excluding carboxylic acids is 1. The van der Waals surface area contributed by atoms with Crippen molar-refractivity contribution in [2.45, 2.75) is 26.8 Å². The number of pyridine rings is 1. The van der Waals surface area contributed by atoms with Crippen LogP contribution in [-0.4, -0.2) is 33.6 Å². The van der Waals surface area contributed by atoms with Gasteiger partial charge in [0.2, 0.25) is 0 Å². The lowest BCUT2D eigenvalue weighted by molar-refractivity contribution is 0.102. The van der Waals surface area contributed by atoms with Crippen molar-refractivity contribution in [3.63, 3.8) is 0 Å². The zero-order valence-corrected chi connectivity index (χ0v) is 17.2. The van der Waals surface area contributed by atoms with Gasteiger partial charge in [-0.05, 0) is 43.2 Å². The molecule has 158 valence electrons. The predicted molar refractivity (Wildman–Crippen MR) is 115 cm³/mol. The Balaban J connectivity index is 1.62. The largest absolute Gasteiger partial charge is 0.350 e.